The van der Waals surface area contributed by atoms with Gasteiger partial charge in [0.05, 0.1) is 28.2 Å². The molecule has 0 aliphatic heterocycles. The van der Waals surface area contributed by atoms with E-state index in [9.17, 15) is 4.39 Å². The van der Waals surface area contributed by atoms with Gasteiger partial charge < -0.3 is 5.32 Å². The van der Waals surface area contributed by atoms with Crippen LogP contribution in [0, 0.1) is 17.1 Å². The second kappa shape index (κ2) is 4.81. The highest BCUT2D eigenvalue weighted by molar-refractivity contribution is 6.33. The Labute approximate surface area is 102 Å². The Bertz CT molecular complexity index is 572. The van der Waals surface area contributed by atoms with Crippen molar-refractivity contribution in [1.82, 2.24) is 4.98 Å². The van der Waals surface area contributed by atoms with E-state index >= 15 is 0 Å². The Balaban J connectivity index is 2.42. The summed E-state index contributed by atoms with van der Waals surface area (Å²) in [6, 6.07) is 7.89. The average molecular weight is 248 g/mol. The molecule has 0 aliphatic rings. The summed E-state index contributed by atoms with van der Waals surface area (Å²) in [5.74, 6) is -0.481. The maximum absolute atomic E-state index is 13.5. The van der Waals surface area contributed by atoms with Crippen LogP contribution in [0.15, 0.2) is 36.7 Å². The van der Waals surface area contributed by atoms with Gasteiger partial charge in [0.15, 0.2) is 0 Å². The molecule has 2 aromatic rings. The third-order valence-electron chi connectivity index (χ3n) is 2.16. The third-order valence-corrected chi connectivity index (χ3v) is 2.48. The van der Waals surface area contributed by atoms with E-state index in [2.05, 4.69) is 10.3 Å². The van der Waals surface area contributed by atoms with Crippen molar-refractivity contribution in [2.75, 3.05) is 5.32 Å². The van der Waals surface area contributed by atoms with Gasteiger partial charge >= 0.3 is 0 Å². The van der Waals surface area contributed by atoms with Crippen molar-refractivity contribution in [2.45, 2.75) is 0 Å². The number of anilines is 2. The van der Waals surface area contributed by atoms with Crippen LogP contribution < -0.4 is 5.32 Å². The zero-order valence-electron chi connectivity index (χ0n) is 8.61. The van der Waals surface area contributed by atoms with Gasteiger partial charge in [0.2, 0.25) is 0 Å². The average Bonchev–Trinajstić information content (AvgIpc) is 2.34. The van der Waals surface area contributed by atoms with Crippen LogP contribution in [0.2, 0.25) is 5.02 Å². The first kappa shape index (κ1) is 11.4. The van der Waals surface area contributed by atoms with E-state index in [1.807, 2.05) is 6.07 Å². The maximum Gasteiger partial charge on any atom is 0.148 e. The van der Waals surface area contributed by atoms with Crippen LogP contribution in [0.25, 0.3) is 0 Å². The van der Waals surface area contributed by atoms with Gasteiger partial charge in [-0.15, -0.1) is 0 Å². The number of rotatable bonds is 2. The zero-order valence-corrected chi connectivity index (χ0v) is 9.37. The van der Waals surface area contributed by atoms with E-state index < -0.39 is 5.82 Å². The van der Waals surface area contributed by atoms with Crippen molar-refractivity contribution < 1.29 is 4.39 Å². The Morgan fingerprint density at radius 2 is 2.18 bits per heavy atom. The summed E-state index contributed by atoms with van der Waals surface area (Å²) < 4.78 is 13.5. The highest BCUT2D eigenvalue weighted by Gasteiger charge is 2.09. The van der Waals surface area contributed by atoms with E-state index in [4.69, 9.17) is 16.9 Å². The minimum absolute atomic E-state index is 0.138. The number of hydrogen-bond acceptors (Lipinski definition) is 3. The number of nitrogens with one attached hydrogen (secondary N) is 1. The van der Waals surface area contributed by atoms with E-state index in [0.29, 0.717) is 11.3 Å². The molecule has 0 spiro atoms. The fraction of sp³-hybridized carbons (Fsp3) is 0. The minimum atomic E-state index is -0.481. The molecule has 3 nitrogen and oxygen atoms in total. The molecule has 0 saturated carbocycles. The molecule has 0 saturated heterocycles. The number of para-hydroxylation sites is 1. The number of nitrogens with zero attached hydrogens (tertiary/aromatic N) is 2. The molecule has 1 aromatic carbocycles. The topological polar surface area (TPSA) is 48.7 Å². The molecule has 17 heavy (non-hydrogen) atoms. The summed E-state index contributed by atoms with van der Waals surface area (Å²) >= 11 is 5.87. The minimum Gasteiger partial charge on any atom is -0.350 e. The summed E-state index contributed by atoms with van der Waals surface area (Å²) in [6.45, 7) is 0. The lowest BCUT2D eigenvalue weighted by Gasteiger charge is -2.09. The highest BCUT2D eigenvalue weighted by atomic mass is 35.5. The molecule has 1 N–H and O–H groups in total. The predicted octanol–water partition coefficient (Wildman–Crippen LogP) is 3.49. The van der Waals surface area contributed by atoms with Gasteiger partial charge in [0.1, 0.15) is 11.9 Å². The smallest absolute Gasteiger partial charge is 0.148 e. The van der Waals surface area contributed by atoms with Crippen molar-refractivity contribution in [3.05, 3.63) is 53.1 Å². The van der Waals surface area contributed by atoms with Gasteiger partial charge in [0, 0.05) is 6.20 Å². The van der Waals surface area contributed by atoms with Crippen molar-refractivity contribution in [3.8, 4) is 6.07 Å². The molecular weight excluding hydrogens is 241 g/mol. The fourth-order valence-electron chi connectivity index (χ4n) is 1.34. The van der Waals surface area contributed by atoms with Crippen LogP contribution >= 0.6 is 11.6 Å². The number of benzene rings is 1. The van der Waals surface area contributed by atoms with Crippen LogP contribution in [-0.4, -0.2) is 4.98 Å². The number of aromatic nitrogens is 1. The molecule has 0 atom stereocenters. The molecular formula is C12H7ClFN3. The summed E-state index contributed by atoms with van der Waals surface area (Å²) in [4.78, 5) is 3.87. The number of pyridine rings is 1. The first-order chi connectivity index (χ1) is 8.22. The van der Waals surface area contributed by atoms with Gasteiger partial charge in [-0.3, -0.25) is 4.98 Å². The summed E-state index contributed by atoms with van der Waals surface area (Å²) in [6.07, 6.45) is 2.94. The van der Waals surface area contributed by atoms with Crippen LogP contribution in [0.1, 0.15) is 5.56 Å². The molecule has 0 fully saturated rings. The van der Waals surface area contributed by atoms with E-state index in [1.54, 1.807) is 6.07 Å². The predicted molar refractivity (Wildman–Crippen MR) is 63.6 cm³/mol. The molecule has 84 valence electrons. The summed E-state index contributed by atoms with van der Waals surface area (Å²) in [5, 5.41) is 11.9. The number of hydrogen-bond donors (Lipinski definition) is 1. The SMILES string of the molecule is N#Cc1ccncc1Nc1c(F)cccc1Cl. The van der Waals surface area contributed by atoms with Crippen molar-refractivity contribution in [1.29, 1.82) is 5.26 Å². The number of nitriles is 1. The van der Waals surface area contributed by atoms with Gasteiger partial charge in [0.25, 0.3) is 0 Å². The molecule has 1 heterocycles. The standard InChI is InChI=1S/C12H7ClFN3/c13-9-2-1-3-10(14)12(9)17-11-7-16-5-4-8(11)6-15/h1-5,7,17H. The van der Waals surface area contributed by atoms with Gasteiger partial charge in [-0.05, 0) is 18.2 Å². The van der Waals surface area contributed by atoms with Gasteiger partial charge in [-0.1, -0.05) is 17.7 Å². The molecule has 0 unspecified atom stereocenters. The maximum atomic E-state index is 13.5. The van der Waals surface area contributed by atoms with Crippen LogP contribution in [0.4, 0.5) is 15.8 Å². The van der Waals surface area contributed by atoms with Gasteiger partial charge in [-0.2, -0.15) is 5.26 Å². The zero-order chi connectivity index (χ0) is 12.3. The molecule has 5 heteroatoms. The molecule has 1 aromatic heterocycles. The molecule has 0 radical (unpaired) electrons. The van der Waals surface area contributed by atoms with Gasteiger partial charge in [-0.25, -0.2) is 4.39 Å². The normalized spacial score (nSPS) is 9.71. The second-order valence-corrected chi connectivity index (χ2v) is 3.66. The first-order valence-electron chi connectivity index (χ1n) is 4.77. The Morgan fingerprint density at radius 1 is 1.35 bits per heavy atom. The molecule has 0 amide bonds. The van der Waals surface area contributed by atoms with Crippen molar-refractivity contribution in [2.24, 2.45) is 0 Å². The highest BCUT2D eigenvalue weighted by Crippen LogP contribution is 2.28. The number of halogens is 2. The van der Waals surface area contributed by atoms with E-state index in [-0.39, 0.29) is 10.7 Å². The summed E-state index contributed by atoms with van der Waals surface area (Å²) in [5.41, 5.74) is 0.931. The molecule has 0 bridgehead atoms. The van der Waals surface area contributed by atoms with Crippen LogP contribution in [0.3, 0.4) is 0 Å². The Morgan fingerprint density at radius 3 is 2.88 bits per heavy atom. The van der Waals surface area contributed by atoms with Crippen LogP contribution in [-0.2, 0) is 0 Å². The lowest BCUT2D eigenvalue weighted by atomic mass is 10.2. The fourth-order valence-corrected chi connectivity index (χ4v) is 1.55. The third kappa shape index (κ3) is 2.35. The first-order valence-corrected chi connectivity index (χ1v) is 5.15. The quantitative estimate of drug-likeness (QED) is 0.884. The largest absolute Gasteiger partial charge is 0.350 e. The van der Waals surface area contributed by atoms with Crippen molar-refractivity contribution in [3.63, 3.8) is 0 Å². The van der Waals surface area contributed by atoms with E-state index in [1.165, 1.54) is 30.6 Å². The Hall–Kier alpha value is -2.12. The Kier molecular flexibility index (Phi) is 3.22. The lowest BCUT2D eigenvalue weighted by molar-refractivity contribution is 0.632. The van der Waals surface area contributed by atoms with E-state index in [0.717, 1.165) is 0 Å². The summed E-state index contributed by atoms with van der Waals surface area (Å²) in [7, 11) is 0. The monoisotopic (exact) mass is 247 g/mol. The second-order valence-electron chi connectivity index (χ2n) is 3.25. The molecule has 2 rings (SSSR count). The van der Waals surface area contributed by atoms with Crippen molar-refractivity contribution >= 4 is 23.0 Å². The lowest BCUT2D eigenvalue weighted by Crippen LogP contribution is -1.97. The molecule has 0 aliphatic carbocycles. The van der Waals surface area contributed by atoms with Crippen LogP contribution in [0.5, 0.6) is 0 Å².